The number of piperazine rings is 1. The Bertz CT molecular complexity index is 863. The highest BCUT2D eigenvalue weighted by molar-refractivity contribution is 7.89. The van der Waals surface area contributed by atoms with Crippen molar-refractivity contribution in [2.45, 2.75) is 18.7 Å². The predicted octanol–water partition coefficient (Wildman–Crippen LogP) is 0.459. The van der Waals surface area contributed by atoms with E-state index in [9.17, 15) is 22.8 Å². The van der Waals surface area contributed by atoms with E-state index in [0.717, 1.165) is 9.87 Å². The summed E-state index contributed by atoms with van der Waals surface area (Å²) in [5.74, 6) is -1.23. The number of nitrogens with zero attached hydrogens (tertiary/aromatic N) is 3. The Balaban J connectivity index is 1.79. The summed E-state index contributed by atoms with van der Waals surface area (Å²) >= 11 is 0. The molecule has 0 aromatic heterocycles. The lowest BCUT2D eigenvalue weighted by Gasteiger charge is -2.33. The van der Waals surface area contributed by atoms with Gasteiger partial charge >= 0.3 is 12.1 Å². The van der Waals surface area contributed by atoms with Gasteiger partial charge in [-0.25, -0.2) is 13.2 Å². The minimum Gasteiger partial charge on any atom is -0.455 e. The van der Waals surface area contributed by atoms with Crippen molar-refractivity contribution in [1.29, 1.82) is 0 Å². The van der Waals surface area contributed by atoms with Crippen molar-refractivity contribution in [3.05, 3.63) is 29.8 Å². The molecule has 0 unspecified atom stereocenters. The number of carbonyl (C=O) groups is 3. The summed E-state index contributed by atoms with van der Waals surface area (Å²) in [4.78, 5) is 39.0. The van der Waals surface area contributed by atoms with E-state index < -0.39 is 41.1 Å². The van der Waals surface area contributed by atoms with Gasteiger partial charge in [0.1, 0.15) is 6.54 Å². The second kappa shape index (κ2) is 10.4. The first-order valence-corrected chi connectivity index (χ1v) is 11.0. The van der Waals surface area contributed by atoms with E-state index in [0.29, 0.717) is 26.2 Å². The summed E-state index contributed by atoms with van der Waals surface area (Å²) in [6.07, 6.45) is -0.422. The third-order valence-electron chi connectivity index (χ3n) is 4.60. The number of rotatable bonds is 7. The first-order chi connectivity index (χ1) is 14.1. The number of carbonyl (C=O) groups excluding carboxylic acids is 3. The molecule has 1 aliphatic heterocycles. The van der Waals surface area contributed by atoms with Gasteiger partial charge in [0.2, 0.25) is 10.0 Å². The van der Waals surface area contributed by atoms with Crippen LogP contribution in [0.25, 0.3) is 0 Å². The van der Waals surface area contributed by atoms with E-state index in [4.69, 9.17) is 9.47 Å². The molecule has 2 amide bonds. The van der Waals surface area contributed by atoms with Crippen molar-refractivity contribution in [1.82, 2.24) is 14.1 Å². The molecule has 0 saturated carbocycles. The van der Waals surface area contributed by atoms with Crippen LogP contribution in [-0.2, 0) is 29.1 Å². The van der Waals surface area contributed by atoms with Crippen molar-refractivity contribution in [3.63, 3.8) is 0 Å². The van der Waals surface area contributed by atoms with Gasteiger partial charge in [-0.3, -0.25) is 9.59 Å². The van der Waals surface area contributed by atoms with Crippen molar-refractivity contribution < 1.29 is 32.3 Å². The van der Waals surface area contributed by atoms with Crippen LogP contribution in [0.15, 0.2) is 29.2 Å². The first kappa shape index (κ1) is 23.6. The maximum Gasteiger partial charge on any atom is 0.409 e. The molecule has 0 N–H and O–H groups in total. The highest BCUT2D eigenvalue weighted by Crippen LogP contribution is 2.15. The summed E-state index contributed by atoms with van der Waals surface area (Å²) in [5.41, 5.74) is 0.914. The molecule has 166 valence electrons. The molecule has 0 bridgehead atoms. The normalized spacial score (nSPS) is 14.5. The van der Waals surface area contributed by atoms with Crippen LogP contribution in [0.4, 0.5) is 4.79 Å². The van der Waals surface area contributed by atoms with Crippen LogP contribution in [0.5, 0.6) is 0 Å². The van der Waals surface area contributed by atoms with Gasteiger partial charge in [-0.2, -0.15) is 4.31 Å². The largest absolute Gasteiger partial charge is 0.455 e. The molecule has 1 heterocycles. The van der Waals surface area contributed by atoms with Crippen LogP contribution in [0.3, 0.4) is 0 Å². The Morgan fingerprint density at radius 3 is 2.13 bits per heavy atom. The second-order valence-electron chi connectivity index (χ2n) is 6.80. The minimum absolute atomic E-state index is 0.0685. The number of likely N-dealkylation sites (N-methyl/N-ethyl adjacent to an activating group) is 1. The van der Waals surface area contributed by atoms with E-state index in [1.807, 2.05) is 6.92 Å². The van der Waals surface area contributed by atoms with Crippen LogP contribution in [-0.4, -0.2) is 93.5 Å². The molecular formula is C19H27N3O7S. The molecule has 11 heteroatoms. The molecule has 0 aliphatic carbocycles. The maximum atomic E-state index is 12.5. The molecular weight excluding hydrogens is 414 g/mol. The molecule has 1 aromatic rings. The molecule has 0 spiro atoms. The topological polar surface area (TPSA) is 114 Å². The molecule has 2 rings (SSSR count). The van der Waals surface area contributed by atoms with Crippen molar-refractivity contribution in [2.24, 2.45) is 0 Å². The van der Waals surface area contributed by atoms with Gasteiger partial charge in [-0.15, -0.1) is 0 Å². The highest BCUT2D eigenvalue weighted by atomic mass is 32.2. The third kappa shape index (κ3) is 6.17. The van der Waals surface area contributed by atoms with Crippen LogP contribution in [0.2, 0.25) is 0 Å². The average molecular weight is 442 g/mol. The number of hydrogen-bond donors (Lipinski definition) is 0. The molecule has 1 aromatic carbocycles. The number of aryl methyl sites for hydroxylation is 1. The third-order valence-corrected chi connectivity index (χ3v) is 6.41. The van der Waals surface area contributed by atoms with Crippen LogP contribution in [0.1, 0.15) is 12.5 Å². The number of esters is 1. The second-order valence-corrected chi connectivity index (χ2v) is 8.85. The van der Waals surface area contributed by atoms with E-state index >= 15 is 0 Å². The Kier molecular flexibility index (Phi) is 8.18. The Hall–Kier alpha value is -2.66. The van der Waals surface area contributed by atoms with Crippen LogP contribution in [0, 0.1) is 6.92 Å². The fraction of sp³-hybridized carbons (Fsp3) is 0.526. The van der Waals surface area contributed by atoms with E-state index in [2.05, 4.69) is 0 Å². The van der Waals surface area contributed by atoms with Crippen LogP contribution < -0.4 is 0 Å². The summed E-state index contributed by atoms with van der Waals surface area (Å²) in [5, 5.41) is 0. The lowest BCUT2D eigenvalue weighted by molar-refractivity contribution is -0.152. The number of ether oxygens (including phenoxy) is 2. The SMILES string of the molecule is CCOC(=O)N1CCN(C(=O)COC(=O)CN(C)S(=O)(=O)c2ccc(C)cc2)CC1. The lowest BCUT2D eigenvalue weighted by Crippen LogP contribution is -2.51. The maximum absolute atomic E-state index is 12.5. The van der Waals surface area contributed by atoms with Gasteiger partial charge in [-0.1, -0.05) is 17.7 Å². The fourth-order valence-corrected chi connectivity index (χ4v) is 3.90. The Labute approximate surface area is 176 Å². The Morgan fingerprint density at radius 1 is 1.00 bits per heavy atom. The van der Waals surface area contributed by atoms with Gasteiger partial charge in [0, 0.05) is 33.2 Å². The Morgan fingerprint density at radius 2 is 1.57 bits per heavy atom. The fourth-order valence-electron chi connectivity index (χ4n) is 2.79. The summed E-state index contributed by atoms with van der Waals surface area (Å²) in [6.45, 7) is 4.10. The van der Waals surface area contributed by atoms with Gasteiger partial charge in [0.05, 0.1) is 11.5 Å². The van der Waals surface area contributed by atoms with Crippen molar-refractivity contribution in [3.8, 4) is 0 Å². The van der Waals surface area contributed by atoms with Gasteiger partial charge < -0.3 is 19.3 Å². The zero-order chi connectivity index (χ0) is 22.3. The van der Waals surface area contributed by atoms with Gasteiger partial charge in [-0.05, 0) is 26.0 Å². The number of benzene rings is 1. The van der Waals surface area contributed by atoms with Gasteiger partial charge in [0.15, 0.2) is 6.61 Å². The number of sulfonamides is 1. The van der Waals surface area contributed by atoms with Crippen molar-refractivity contribution >= 4 is 28.0 Å². The number of amides is 2. The van der Waals surface area contributed by atoms with E-state index in [1.54, 1.807) is 19.1 Å². The molecule has 1 saturated heterocycles. The summed E-state index contributed by atoms with van der Waals surface area (Å²) < 4.78 is 35.7. The standard InChI is InChI=1S/C19H27N3O7S/c1-4-28-19(25)22-11-9-21(10-12-22)17(23)14-29-18(24)13-20(3)30(26,27)16-7-5-15(2)6-8-16/h5-8H,4,9-14H2,1-3H3. The minimum atomic E-state index is -3.84. The van der Waals surface area contributed by atoms with Crippen LogP contribution >= 0.6 is 0 Å². The molecule has 0 atom stereocenters. The average Bonchev–Trinajstić information content (AvgIpc) is 2.72. The predicted molar refractivity (Wildman–Crippen MR) is 107 cm³/mol. The van der Waals surface area contributed by atoms with E-state index in [1.165, 1.54) is 29.0 Å². The van der Waals surface area contributed by atoms with E-state index in [-0.39, 0.29) is 11.5 Å². The van der Waals surface area contributed by atoms with Crippen molar-refractivity contribution in [2.75, 3.05) is 53.0 Å². The molecule has 0 radical (unpaired) electrons. The number of hydrogen-bond acceptors (Lipinski definition) is 7. The summed E-state index contributed by atoms with van der Waals surface area (Å²) in [6, 6.07) is 6.26. The quantitative estimate of drug-likeness (QED) is 0.565. The molecule has 30 heavy (non-hydrogen) atoms. The smallest absolute Gasteiger partial charge is 0.409 e. The van der Waals surface area contributed by atoms with Gasteiger partial charge in [0.25, 0.3) is 5.91 Å². The first-order valence-electron chi connectivity index (χ1n) is 9.53. The molecule has 1 fully saturated rings. The monoisotopic (exact) mass is 441 g/mol. The highest BCUT2D eigenvalue weighted by Gasteiger charge is 2.27. The zero-order valence-electron chi connectivity index (χ0n) is 17.4. The molecule has 10 nitrogen and oxygen atoms in total. The lowest BCUT2D eigenvalue weighted by atomic mass is 10.2. The molecule has 1 aliphatic rings. The summed E-state index contributed by atoms with van der Waals surface area (Å²) in [7, 11) is -2.57. The zero-order valence-corrected chi connectivity index (χ0v) is 18.2.